The topological polar surface area (TPSA) is 70.7 Å². The smallest absolute Gasteiger partial charge is 0.321 e. The number of hydrogen-bond donors (Lipinski definition) is 2. The summed E-state index contributed by atoms with van der Waals surface area (Å²) in [7, 11) is 3.66. The maximum atomic E-state index is 12.2. The molecule has 6 nitrogen and oxygen atoms in total. The molecule has 0 aliphatic carbocycles. The lowest BCUT2D eigenvalue weighted by atomic mass is 9.98. The summed E-state index contributed by atoms with van der Waals surface area (Å²) in [6.07, 6.45) is 4.29. The molecule has 23 heavy (non-hydrogen) atoms. The minimum atomic E-state index is -0.448. The number of fused-ring (bicyclic) bond motifs is 2. The van der Waals surface area contributed by atoms with Crippen LogP contribution in [-0.4, -0.2) is 49.1 Å². The Morgan fingerprint density at radius 3 is 2.48 bits per heavy atom. The summed E-state index contributed by atoms with van der Waals surface area (Å²) < 4.78 is 5.15. The Labute approximate surface area is 136 Å². The predicted molar refractivity (Wildman–Crippen MR) is 86.6 cm³/mol. The number of hydrogen-bond acceptors (Lipinski definition) is 4. The highest BCUT2D eigenvalue weighted by Gasteiger charge is 2.38. The van der Waals surface area contributed by atoms with Crippen LogP contribution in [0.15, 0.2) is 24.3 Å². The van der Waals surface area contributed by atoms with Gasteiger partial charge in [-0.1, -0.05) is 12.1 Å². The second kappa shape index (κ2) is 6.58. The van der Waals surface area contributed by atoms with E-state index in [-0.39, 0.29) is 6.04 Å². The van der Waals surface area contributed by atoms with E-state index in [0.717, 1.165) is 12.8 Å². The lowest BCUT2D eigenvalue weighted by Crippen LogP contribution is -2.51. The molecule has 2 aliphatic heterocycles. The van der Waals surface area contributed by atoms with Crippen LogP contribution in [0.25, 0.3) is 0 Å². The van der Waals surface area contributed by atoms with E-state index in [4.69, 9.17) is 4.74 Å². The fourth-order valence-corrected chi connectivity index (χ4v) is 3.75. The average Bonchev–Trinajstić information content (AvgIpc) is 2.75. The van der Waals surface area contributed by atoms with Gasteiger partial charge in [0.1, 0.15) is 5.75 Å². The molecular formula is C17H23N3O3. The number of amides is 3. The van der Waals surface area contributed by atoms with Crippen molar-refractivity contribution in [1.29, 1.82) is 0 Å². The molecule has 2 aliphatic rings. The van der Waals surface area contributed by atoms with Crippen molar-refractivity contribution in [3.05, 3.63) is 29.8 Å². The SMILES string of the molecule is COc1ccccc1C(=O)NC(=O)NC1CC2CCC(C1)N2C. The molecule has 0 radical (unpaired) electrons. The maximum Gasteiger partial charge on any atom is 0.321 e. The molecule has 3 rings (SSSR count). The molecular weight excluding hydrogens is 294 g/mol. The van der Waals surface area contributed by atoms with Gasteiger partial charge in [-0.15, -0.1) is 0 Å². The Balaban J connectivity index is 1.56. The van der Waals surface area contributed by atoms with E-state index in [0.29, 0.717) is 23.4 Å². The Hall–Kier alpha value is -2.08. The maximum absolute atomic E-state index is 12.2. The summed E-state index contributed by atoms with van der Waals surface area (Å²) in [5.74, 6) is 0.00554. The highest BCUT2D eigenvalue weighted by molar-refractivity contribution is 6.05. The number of urea groups is 1. The Bertz CT molecular complexity index is 591. The summed E-state index contributed by atoms with van der Waals surface area (Å²) in [5.41, 5.74) is 0.355. The number of para-hydroxylation sites is 1. The standard InChI is InChI=1S/C17H23N3O3/c1-20-12-7-8-13(20)10-11(9-12)18-17(22)19-16(21)14-5-3-4-6-15(14)23-2/h3-6,11-13H,7-10H2,1-2H3,(H2,18,19,21,22). The molecule has 2 bridgehead atoms. The number of benzene rings is 1. The molecule has 3 amide bonds. The lowest BCUT2D eigenvalue weighted by Gasteiger charge is -2.36. The number of ether oxygens (including phenoxy) is 1. The van der Waals surface area contributed by atoms with E-state index in [9.17, 15) is 9.59 Å². The third kappa shape index (κ3) is 3.32. The van der Waals surface area contributed by atoms with Gasteiger partial charge in [0.2, 0.25) is 0 Å². The van der Waals surface area contributed by atoms with E-state index in [1.54, 1.807) is 24.3 Å². The molecule has 2 atom stereocenters. The first kappa shape index (κ1) is 15.8. The largest absolute Gasteiger partial charge is 0.496 e. The molecule has 2 unspecified atom stereocenters. The molecule has 124 valence electrons. The van der Waals surface area contributed by atoms with Gasteiger partial charge in [-0.05, 0) is 44.9 Å². The van der Waals surface area contributed by atoms with Crippen LogP contribution < -0.4 is 15.4 Å². The summed E-state index contributed by atoms with van der Waals surface area (Å²) in [4.78, 5) is 26.7. The fraction of sp³-hybridized carbons (Fsp3) is 0.529. The van der Waals surface area contributed by atoms with Crippen LogP contribution in [0.2, 0.25) is 0 Å². The van der Waals surface area contributed by atoms with Gasteiger partial charge in [0.15, 0.2) is 0 Å². The van der Waals surface area contributed by atoms with Crippen LogP contribution in [-0.2, 0) is 0 Å². The molecule has 2 heterocycles. The van der Waals surface area contributed by atoms with E-state index < -0.39 is 11.9 Å². The summed E-state index contributed by atoms with van der Waals surface area (Å²) in [5, 5.41) is 5.34. The molecule has 2 fully saturated rings. The zero-order valence-corrected chi connectivity index (χ0v) is 13.5. The number of nitrogens with zero attached hydrogens (tertiary/aromatic N) is 1. The van der Waals surface area contributed by atoms with Crippen molar-refractivity contribution in [3.8, 4) is 5.75 Å². The van der Waals surface area contributed by atoms with E-state index in [1.165, 1.54) is 20.0 Å². The fourth-order valence-electron chi connectivity index (χ4n) is 3.75. The van der Waals surface area contributed by atoms with Crippen LogP contribution in [0.5, 0.6) is 5.75 Å². The van der Waals surface area contributed by atoms with Crippen molar-refractivity contribution in [1.82, 2.24) is 15.5 Å². The van der Waals surface area contributed by atoms with Crippen molar-refractivity contribution in [2.75, 3.05) is 14.2 Å². The van der Waals surface area contributed by atoms with Gasteiger partial charge >= 0.3 is 6.03 Å². The van der Waals surface area contributed by atoms with E-state index in [1.807, 2.05) is 0 Å². The zero-order chi connectivity index (χ0) is 16.4. The van der Waals surface area contributed by atoms with Crippen molar-refractivity contribution >= 4 is 11.9 Å². The van der Waals surface area contributed by atoms with Crippen molar-refractivity contribution in [2.24, 2.45) is 0 Å². The average molecular weight is 317 g/mol. The van der Waals surface area contributed by atoms with Crippen LogP contribution in [0.4, 0.5) is 4.79 Å². The van der Waals surface area contributed by atoms with E-state index in [2.05, 4.69) is 22.6 Å². The number of nitrogens with one attached hydrogen (secondary N) is 2. The molecule has 1 aromatic rings. The Morgan fingerprint density at radius 1 is 1.17 bits per heavy atom. The molecule has 2 saturated heterocycles. The minimum Gasteiger partial charge on any atom is -0.496 e. The van der Waals surface area contributed by atoms with Crippen molar-refractivity contribution in [3.63, 3.8) is 0 Å². The first-order valence-corrected chi connectivity index (χ1v) is 8.05. The number of rotatable bonds is 3. The summed E-state index contributed by atoms with van der Waals surface area (Å²) in [6, 6.07) is 7.64. The molecule has 0 aromatic heterocycles. The minimum absolute atomic E-state index is 0.133. The first-order valence-electron chi connectivity index (χ1n) is 8.05. The van der Waals surface area contributed by atoms with Gasteiger partial charge in [-0.2, -0.15) is 0 Å². The number of piperidine rings is 1. The van der Waals surface area contributed by atoms with Gasteiger partial charge in [-0.3, -0.25) is 10.1 Å². The van der Waals surface area contributed by atoms with Crippen LogP contribution in [0.3, 0.4) is 0 Å². The van der Waals surface area contributed by atoms with Gasteiger partial charge in [-0.25, -0.2) is 4.79 Å². The molecule has 1 aromatic carbocycles. The Kier molecular flexibility index (Phi) is 4.52. The van der Waals surface area contributed by atoms with Crippen LogP contribution >= 0.6 is 0 Å². The highest BCUT2D eigenvalue weighted by Crippen LogP contribution is 2.34. The molecule has 6 heteroatoms. The van der Waals surface area contributed by atoms with Gasteiger partial charge in [0.05, 0.1) is 12.7 Å². The second-order valence-corrected chi connectivity index (χ2v) is 6.35. The number of methoxy groups -OCH3 is 1. The molecule has 0 saturated carbocycles. The number of imide groups is 1. The highest BCUT2D eigenvalue weighted by atomic mass is 16.5. The number of carbonyl (C=O) groups excluding carboxylic acids is 2. The Morgan fingerprint density at radius 2 is 1.83 bits per heavy atom. The van der Waals surface area contributed by atoms with Gasteiger partial charge in [0, 0.05) is 18.1 Å². The van der Waals surface area contributed by atoms with Crippen molar-refractivity contribution in [2.45, 2.75) is 43.8 Å². The summed E-state index contributed by atoms with van der Waals surface area (Å²) in [6.45, 7) is 0. The van der Waals surface area contributed by atoms with Crippen LogP contribution in [0.1, 0.15) is 36.0 Å². The molecule has 2 N–H and O–H groups in total. The van der Waals surface area contributed by atoms with E-state index >= 15 is 0 Å². The quantitative estimate of drug-likeness (QED) is 0.891. The third-order valence-electron chi connectivity index (χ3n) is 5.01. The number of carbonyl (C=O) groups is 2. The van der Waals surface area contributed by atoms with Gasteiger partial charge in [0.25, 0.3) is 5.91 Å². The third-order valence-corrected chi connectivity index (χ3v) is 5.01. The lowest BCUT2D eigenvalue weighted by molar-refractivity contribution is 0.0957. The van der Waals surface area contributed by atoms with Crippen molar-refractivity contribution < 1.29 is 14.3 Å². The molecule has 0 spiro atoms. The second-order valence-electron chi connectivity index (χ2n) is 6.35. The van der Waals surface area contributed by atoms with Crippen LogP contribution in [0, 0.1) is 0 Å². The predicted octanol–water partition coefficient (Wildman–Crippen LogP) is 1.76. The monoisotopic (exact) mass is 317 g/mol. The normalized spacial score (nSPS) is 26.6. The first-order chi connectivity index (χ1) is 11.1. The summed E-state index contributed by atoms with van der Waals surface area (Å²) >= 11 is 0. The van der Waals surface area contributed by atoms with Gasteiger partial charge < -0.3 is 15.0 Å². The zero-order valence-electron chi connectivity index (χ0n) is 13.5.